The van der Waals surface area contributed by atoms with Gasteiger partial charge in [-0.3, -0.25) is 0 Å². The summed E-state index contributed by atoms with van der Waals surface area (Å²) in [7, 11) is -3.38. The first-order valence-electron chi connectivity index (χ1n) is 11.1. The first kappa shape index (κ1) is 21.5. The van der Waals surface area contributed by atoms with Crippen molar-refractivity contribution < 1.29 is 16.8 Å². The molecule has 0 bridgehead atoms. The van der Waals surface area contributed by atoms with Gasteiger partial charge in [0.15, 0.2) is 19.7 Å². The topological polar surface area (TPSA) is 71.5 Å². The predicted octanol–water partition coefficient (Wildman–Crippen LogP) is 2.06. The Morgan fingerprint density at radius 1 is 0.676 bits per heavy atom. The van der Waals surface area contributed by atoms with Crippen molar-refractivity contribution in [1.29, 1.82) is 0 Å². The van der Waals surface area contributed by atoms with Crippen LogP contribution in [0.4, 0.5) is 11.4 Å². The number of anilines is 2. The third kappa shape index (κ3) is 2.74. The average Bonchev–Trinajstić information content (AvgIpc) is 2.83. The maximum Gasteiger partial charge on any atom is 0.187 e. The van der Waals surface area contributed by atoms with Gasteiger partial charge in [-0.1, -0.05) is 54.6 Å². The highest BCUT2D eigenvalue weighted by atomic mass is 32.2. The Bertz CT molecular complexity index is 1590. The number of fused-ring (bicyclic) bond motifs is 4. The molecule has 0 spiro atoms. The van der Waals surface area contributed by atoms with Crippen LogP contribution in [0, 0.1) is 0 Å². The van der Waals surface area contributed by atoms with Crippen molar-refractivity contribution in [3.05, 3.63) is 108 Å². The van der Waals surface area contributed by atoms with Crippen LogP contribution in [0.25, 0.3) is 0 Å². The van der Waals surface area contributed by atoms with E-state index in [4.69, 9.17) is 0 Å². The summed E-state index contributed by atoms with van der Waals surface area (Å²) in [5.74, 6) is 0. The van der Waals surface area contributed by atoms with Crippen LogP contribution < -0.4 is 4.90 Å². The molecule has 1 aliphatic carbocycles. The molecule has 0 N–H and O–H groups in total. The molecule has 6 rings (SSSR count). The van der Waals surface area contributed by atoms with Gasteiger partial charge in [-0.2, -0.15) is 0 Å². The lowest BCUT2D eigenvalue weighted by atomic mass is 9.46. The van der Waals surface area contributed by atoms with E-state index in [2.05, 4.69) is 27.8 Å². The largest absolute Gasteiger partial charge is 0.310 e. The van der Waals surface area contributed by atoms with Gasteiger partial charge in [-0.05, 0) is 52.8 Å². The van der Waals surface area contributed by atoms with E-state index < -0.39 is 30.2 Å². The lowest BCUT2D eigenvalue weighted by Crippen LogP contribution is -2.45. The van der Waals surface area contributed by atoms with E-state index >= 15 is 0 Å². The summed E-state index contributed by atoms with van der Waals surface area (Å²) in [6.07, 6.45) is 4.89. The molecule has 2 heterocycles. The minimum Gasteiger partial charge on any atom is -0.310 e. The van der Waals surface area contributed by atoms with Crippen molar-refractivity contribution in [3.63, 3.8) is 0 Å². The van der Waals surface area contributed by atoms with E-state index in [1.54, 1.807) is 24.3 Å². The third-order valence-electron chi connectivity index (χ3n) is 7.19. The predicted molar refractivity (Wildman–Crippen MR) is 139 cm³/mol. The first-order valence-corrected chi connectivity index (χ1v) is 14.2. The molecule has 0 aromatic heterocycles. The Hall–Kier alpha value is -3.03. The van der Waals surface area contributed by atoms with Crippen molar-refractivity contribution in [3.8, 4) is 0 Å². The molecule has 5 nitrogen and oxygen atoms in total. The second-order valence-electron chi connectivity index (χ2n) is 9.41. The zero-order chi connectivity index (χ0) is 23.9. The van der Waals surface area contributed by atoms with Crippen LogP contribution in [0.15, 0.2) is 107 Å². The lowest BCUT2D eigenvalue weighted by Gasteiger charge is -2.43. The third-order valence-corrected chi connectivity index (χ3v) is 11.7. The van der Waals surface area contributed by atoms with Crippen LogP contribution in [0.1, 0.15) is 11.1 Å². The van der Waals surface area contributed by atoms with Crippen molar-refractivity contribution in [1.82, 2.24) is 0 Å². The standard InChI is InChI=1S/C25H21B2NO4S2/c26-25(27)17-7-1-3-9-19(17)28(20-10-4-2-8-18(20)25)16-13-14-23-24(15-16)34(31,32)22-12-6-5-11-21(22)33(23,29)30/h1-15,23-24H,26-27H2. The molecule has 3 aliphatic rings. The van der Waals surface area contributed by atoms with E-state index in [-0.39, 0.29) is 15.0 Å². The van der Waals surface area contributed by atoms with Gasteiger partial charge >= 0.3 is 0 Å². The number of nitrogens with zero attached hydrogens (tertiary/aromatic N) is 1. The molecule has 2 aliphatic heterocycles. The molecule has 0 saturated heterocycles. The monoisotopic (exact) mass is 485 g/mol. The van der Waals surface area contributed by atoms with E-state index in [0.29, 0.717) is 5.70 Å². The highest BCUT2D eigenvalue weighted by molar-refractivity contribution is 7.99. The van der Waals surface area contributed by atoms with E-state index in [0.717, 1.165) is 22.5 Å². The number of allylic oxidation sites excluding steroid dienone is 1. The Balaban J connectivity index is 1.58. The summed E-state index contributed by atoms with van der Waals surface area (Å²) in [6.45, 7) is 0. The fourth-order valence-electron chi connectivity index (χ4n) is 5.48. The highest BCUT2D eigenvalue weighted by Gasteiger charge is 2.49. The van der Waals surface area contributed by atoms with Crippen LogP contribution in [0.5, 0.6) is 0 Å². The van der Waals surface area contributed by atoms with Crippen LogP contribution in [0.2, 0.25) is 0 Å². The highest BCUT2D eigenvalue weighted by Crippen LogP contribution is 2.49. The normalized spacial score (nSPS) is 24.7. The number of sulfone groups is 2. The van der Waals surface area contributed by atoms with Gasteiger partial charge in [0.1, 0.15) is 26.2 Å². The molecule has 0 fully saturated rings. The Morgan fingerprint density at radius 2 is 1.15 bits per heavy atom. The number of rotatable bonds is 1. The van der Waals surface area contributed by atoms with Gasteiger partial charge in [0.25, 0.3) is 0 Å². The molecule has 9 heteroatoms. The van der Waals surface area contributed by atoms with Crippen LogP contribution in [-0.4, -0.2) is 43.0 Å². The fourth-order valence-corrected chi connectivity index (χ4v) is 10.4. The molecule has 0 radical (unpaired) electrons. The van der Waals surface area contributed by atoms with Crippen molar-refractivity contribution in [2.45, 2.75) is 25.5 Å². The molecule has 2 atom stereocenters. The second-order valence-corrected chi connectivity index (χ2v) is 13.6. The SMILES string of the molecule is BC1(B)c2ccccc2N(C2=CC3C(C=C2)S(=O)(=O)c2ccccc2S3(=O)=O)c2ccccc21. The zero-order valence-electron chi connectivity index (χ0n) is 18.7. The second kappa shape index (κ2) is 6.99. The average molecular weight is 485 g/mol. The minimum absolute atomic E-state index is 0.117. The van der Waals surface area contributed by atoms with E-state index in [1.807, 2.05) is 41.3 Å². The van der Waals surface area contributed by atoms with Gasteiger partial charge < -0.3 is 4.90 Å². The van der Waals surface area contributed by atoms with Gasteiger partial charge in [0.2, 0.25) is 0 Å². The molecular formula is C25H21B2NO4S2. The van der Waals surface area contributed by atoms with Gasteiger partial charge in [-0.25, -0.2) is 16.8 Å². The first-order chi connectivity index (χ1) is 16.1. The van der Waals surface area contributed by atoms with Crippen LogP contribution in [-0.2, 0) is 24.9 Å². The smallest absolute Gasteiger partial charge is 0.187 e. The van der Waals surface area contributed by atoms with E-state index in [9.17, 15) is 16.8 Å². The number of benzene rings is 3. The minimum atomic E-state index is -3.90. The van der Waals surface area contributed by atoms with Crippen molar-refractivity contribution in [2.24, 2.45) is 0 Å². The summed E-state index contributed by atoms with van der Waals surface area (Å²) in [6, 6.07) is 22.0. The van der Waals surface area contributed by atoms with Crippen molar-refractivity contribution in [2.75, 3.05) is 4.90 Å². The summed E-state index contributed by atoms with van der Waals surface area (Å²) in [5, 5.41) is -2.59. The molecule has 0 amide bonds. The van der Waals surface area contributed by atoms with Crippen molar-refractivity contribution >= 4 is 46.7 Å². The Kier molecular flexibility index (Phi) is 4.42. The maximum absolute atomic E-state index is 13.6. The Labute approximate surface area is 201 Å². The molecule has 2 unspecified atom stereocenters. The molecule has 168 valence electrons. The number of hydrogen-bond acceptors (Lipinski definition) is 5. The van der Waals surface area contributed by atoms with Gasteiger partial charge in [0.05, 0.1) is 9.79 Å². The van der Waals surface area contributed by atoms with Gasteiger partial charge in [-0.15, -0.1) is 0 Å². The fraction of sp³-hybridized carbons (Fsp3) is 0.120. The maximum atomic E-state index is 13.6. The molecule has 0 saturated carbocycles. The zero-order valence-corrected chi connectivity index (χ0v) is 20.3. The Morgan fingerprint density at radius 3 is 1.71 bits per heavy atom. The quantitative estimate of drug-likeness (QED) is 0.494. The molecule has 3 aromatic carbocycles. The number of para-hydroxylation sites is 2. The summed E-state index contributed by atoms with van der Waals surface area (Å²) in [4.78, 5) is 1.81. The number of hydrogen-bond donors (Lipinski definition) is 0. The molecule has 34 heavy (non-hydrogen) atoms. The van der Waals surface area contributed by atoms with Crippen LogP contribution in [0.3, 0.4) is 0 Å². The van der Waals surface area contributed by atoms with Crippen LogP contribution >= 0.6 is 0 Å². The summed E-state index contributed by atoms with van der Waals surface area (Å²) < 4.78 is 53.8. The van der Waals surface area contributed by atoms with E-state index in [1.165, 1.54) is 18.2 Å². The molecular weight excluding hydrogens is 464 g/mol. The molecule has 3 aromatic rings. The summed E-state index contributed by atoms with van der Waals surface area (Å²) >= 11 is 0. The van der Waals surface area contributed by atoms with Gasteiger partial charge in [0, 0.05) is 17.1 Å². The lowest BCUT2D eigenvalue weighted by molar-refractivity contribution is 0.559. The summed E-state index contributed by atoms with van der Waals surface area (Å²) in [5.41, 5.74) is 4.80.